The second-order valence-corrected chi connectivity index (χ2v) is 5.11. The molecule has 2 rings (SSSR count). The maximum atomic E-state index is 12.4. The molecule has 1 aromatic rings. The number of amides is 1. The predicted octanol–water partition coefficient (Wildman–Crippen LogP) is 1.76. The summed E-state index contributed by atoms with van der Waals surface area (Å²) >= 11 is 0. The summed E-state index contributed by atoms with van der Waals surface area (Å²) in [5.41, 5.74) is 2.34. The topological polar surface area (TPSA) is 64.1 Å². The molecule has 1 amide bonds. The van der Waals surface area contributed by atoms with E-state index < -0.39 is 0 Å². The molecular formula is C15H23N3O2. The van der Waals surface area contributed by atoms with Crippen LogP contribution in [0.4, 0.5) is 0 Å². The normalized spacial score (nSPS) is 16.1. The Hall–Kier alpha value is -1.49. The van der Waals surface area contributed by atoms with Crippen molar-refractivity contribution in [2.24, 2.45) is 5.92 Å². The molecule has 0 radical (unpaired) electrons. The van der Waals surface area contributed by atoms with Gasteiger partial charge in [-0.05, 0) is 31.6 Å². The van der Waals surface area contributed by atoms with E-state index in [0.717, 1.165) is 50.3 Å². The van der Waals surface area contributed by atoms with E-state index in [0.29, 0.717) is 18.0 Å². The molecule has 1 aliphatic heterocycles. The summed E-state index contributed by atoms with van der Waals surface area (Å²) in [4.78, 5) is 20.9. The highest BCUT2D eigenvalue weighted by Gasteiger charge is 2.19. The molecule has 1 aromatic heterocycles. The van der Waals surface area contributed by atoms with Crippen LogP contribution in [0.2, 0.25) is 0 Å². The van der Waals surface area contributed by atoms with E-state index in [-0.39, 0.29) is 5.91 Å². The lowest BCUT2D eigenvalue weighted by Gasteiger charge is -2.22. The van der Waals surface area contributed by atoms with Crippen molar-refractivity contribution in [2.75, 3.05) is 19.8 Å². The van der Waals surface area contributed by atoms with Crippen LogP contribution in [0.5, 0.6) is 0 Å². The third-order valence-corrected chi connectivity index (χ3v) is 3.79. The average molecular weight is 277 g/mol. The van der Waals surface area contributed by atoms with E-state index in [2.05, 4.69) is 15.3 Å². The summed E-state index contributed by atoms with van der Waals surface area (Å²) in [6, 6.07) is 0. The number of aromatic nitrogens is 2. The summed E-state index contributed by atoms with van der Waals surface area (Å²) in [5, 5.41) is 3.04. The minimum absolute atomic E-state index is 0.0363. The van der Waals surface area contributed by atoms with Gasteiger partial charge in [0.25, 0.3) is 5.91 Å². The maximum absolute atomic E-state index is 12.4. The summed E-state index contributed by atoms with van der Waals surface area (Å²) in [6.07, 6.45) is 5.08. The molecule has 110 valence electrons. The Morgan fingerprint density at radius 3 is 2.40 bits per heavy atom. The third kappa shape index (κ3) is 3.54. The Bertz CT molecular complexity index is 434. The fourth-order valence-corrected chi connectivity index (χ4v) is 2.54. The van der Waals surface area contributed by atoms with Gasteiger partial charge < -0.3 is 10.1 Å². The number of nitrogens with one attached hydrogen (secondary N) is 1. The van der Waals surface area contributed by atoms with Crippen LogP contribution in [0, 0.1) is 5.92 Å². The van der Waals surface area contributed by atoms with Gasteiger partial charge in [-0.1, -0.05) is 13.8 Å². The van der Waals surface area contributed by atoms with E-state index >= 15 is 0 Å². The number of hydrogen-bond acceptors (Lipinski definition) is 4. The lowest BCUT2D eigenvalue weighted by atomic mass is 10.00. The molecule has 0 unspecified atom stereocenters. The van der Waals surface area contributed by atoms with E-state index in [1.807, 2.05) is 13.8 Å². The summed E-state index contributed by atoms with van der Waals surface area (Å²) in [6.45, 7) is 6.34. The van der Waals surface area contributed by atoms with Crippen molar-refractivity contribution in [3.63, 3.8) is 0 Å². The molecule has 0 atom stereocenters. The van der Waals surface area contributed by atoms with Gasteiger partial charge in [0.1, 0.15) is 6.33 Å². The van der Waals surface area contributed by atoms with Crippen molar-refractivity contribution in [1.82, 2.24) is 15.3 Å². The quantitative estimate of drug-likeness (QED) is 0.890. The Labute approximate surface area is 120 Å². The van der Waals surface area contributed by atoms with Crippen molar-refractivity contribution in [3.8, 4) is 0 Å². The van der Waals surface area contributed by atoms with Crippen LogP contribution >= 0.6 is 0 Å². The Morgan fingerprint density at radius 1 is 1.25 bits per heavy atom. The van der Waals surface area contributed by atoms with Crippen LogP contribution in [0.15, 0.2) is 6.33 Å². The monoisotopic (exact) mass is 277 g/mol. The Balaban J connectivity index is 2.04. The molecule has 0 aliphatic carbocycles. The molecular weight excluding hydrogens is 254 g/mol. The number of carbonyl (C=O) groups is 1. The van der Waals surface area contributed by atoms with Crippen LogP contribution in [0.1, 0.15) is 48.4 Å². The number of nitrogens with zero attached hydrogens (tertiary/aromatic N) is 2. The highest BCUT2D eigenvalue weighted by atomic mass is 16.5. The number of aryl methyl sites for hydroxylation is 2. The zero-order chi connectivity index (χ0) is 14.4. The largest absolute Gasteiger partial charge is 0.381 e. The van der Waals surface area contributed by atoms with Crippen LogP contribution in [-0.4, -0.2) is 35.6 Å². The highest BCUT2D eigenvalue weighted by Crippen LogP contribution is 2.15. The molecule has 1 aliphatic rings. The minimum atomic E-state index is -0.0363. The summed E-state index contributed by atoms with van der Waals surface area (Å²) < 4.78 is 5.33. The Kier molecular flexibility index (Phi) is 5.47. The van der Waals surface area contributed by atoms with Gasteiger partial charge in [0.15, 0.2) is 0 Å². The van der Waals surface area contributed by atoms with Crippen LogP contribution in [0.25, 0.3) is 0 Å². The fraction of sp³-hybridized carbons (Fsp3) is 0.667. The van der Waals surface area contributed by atoms with Gasteiger partial charge in [0.2, 0.25) is 0 Å². The first-order valence-corrected chi connectivity index (χ1v) is 7.44. The first-order valence-electron chi connectivity index (χ1n) is 7.44. The molecule has 20 heavy (non-hydrogen) atoms. The molecule has 1 saturated heterocycles. The van der Waals surface area contributed by atoms with Gasteiger partial charge in [-0.15, -0.1) is 0 Å². The molecule has 1 N–H and O–H groups in total. The summed E-state index contributed by atoms with van der Waals surface area (Å²) in [5.74, 6) is 0.485. The molecule has 5 nitrogen and oxygen atoms in total. The molecule has 0 saturated carbocycles. The zero-order valence-corrected chi connectivity index (χ0v) is 12.3. The van der Waals surface area contributed by atoms with Gasteiger partial charge in [-0.25, -0.2) is 9.97 Å². The van der Waals surface area contributed by atoms with Gasteiger partial charge >= 0.3 is 0 Å². The Morgan fingerprint density at radius 2 is 1.85 bits per heavy atom. The maximum Gasteiger partial charge on any atom is 0.255 e. The van der Waals surface area contributed by atoms with Gasteiger partial charge in [0.05, 0.1) is 17.0 Å². The number of rotatable bonds is 5. The molecule has 0 aromatic carbocycles. The van der Waals surface area contributed by atoms with E-state index in [9.17, 15) is 4.79 Å². The fourth-order valence-electron chi connectivity index (χ4n) is 2.54. The first-order chi connectivity index (χ1) is 9.76. The molecule has 1 fully saturated rings. The lowest BCUT2D eigenvalue weighted by Crippen LogP contribution is -2.33. The van der Waals surface area contributed by atoms with Crippen molar-refractivity contribution in [3.05, 3.63) is 23.3 Å². The van der Waals surface area contributed by atoms with Crippen molar-refractivity contribution in [2.45, 2.75) is 39.5 Å². The third-order valence-electron chi connectivity index (χ3n) is 3.79. The van der Waals surface area contributed by atoms with Crippen molar-refractivity contribution < 1.29 is 9.53 Å². The number of hydrogen-bond donors (Lipinski definition) is 1. The average Bonchev–Trinajstić information content (AvgIpc) is 2.52. The zero-order valence-electron chi connectivity index (χ0n) is 12.3. The molecule has 0 bridgehead atoms. The second kappa shape index (κ2) is 7.33. The lowest BCUT2D eigenvalue weighted by molar-refractivity contribution is 0.0642. The standard InChI is InChI=1S/C15H23N3O2/c1-3-12-14(13(4-2)18-10-17-12)15(19)16-9-11-5-7-20-8-6-11/h10-11H,3-9H2,1-2H3,(H,16,19). The van der Waals surface area contributed by atoms with E-state index in [1.54, 1.807) is 6.33 Å². The van der Waals surface area contributed by atoms with Crippen LogP contribution in [-0.2, 0) is 17.6 Å². The molecule has 0 spiro atoms. The number of carbonyl (C=O) groups excluding carboxylic acids is 1. The smallest absolute Gasteiger partial charge is 0.255 e. The van der Waals surface area contributed by atoms with Gasteiger partial charge in [0, 0.05) is 19.8 Å². The summed E-state index contributed by atoms with van der Waals surface area (Å²) in [7, 11) is 0. The first kappa shape index (κ1) is 14.9. The molecule has 2 heterocycles. The number of ether oxygens (including phenoxy) is 1. The van der Waals surface area contributed by atoms with Gasteiger partial charge in [-0.3, -0.25) is 4.79 Å². The minimum Gasteiger partial charge on any atom is -0.381 e. The van der Waals surface area contributed by atoms with Crippen molar-refractivity contribution in [1.29, 1.82) is 0 Å². The van der Waals surface area contributed by atoms with Gasteiger partial charge in [-0.2, -0.15) is 0 Å². The van der Waals surface area contributed by atoms with Crippen LogP contribution < -0.4 is 5.32 Å². The SMILES string of the molecule is CCc1ncnc(CC)c1C(=O)NCC1CCOCC1. The van der Waals surface area contributed by atoms with Crippen molar-refractivity contribution >= 4 is 5.91 Å². The highest BCUT2D eigenvalue weighted by molar-refractivity contribution is 5.96. The molecule has 5 heteroatoms. The predicted molar refractivity (Wildman–Crippen MR) is 76.7 cm³/mol. The van der Waals surface area contributed by atoms with E-state index in [4.69, 9.17) is 4.74 Å². The second-order valence-electron chi connectivity index (χ2n) is 5.11. The van der Waals surface area contributed by atoms with E-state index in [1.165, 1.54) is 0 Å². The van der Waals surface area contributed by atoms with Crippen LogP contribution in [0.3, 0.4) is 0 Å².